The van der Waals surface area contributed by atoms with Crippen LogP contribution in [0.5, 0.6) is 0 Å². The molecule has 1 rings (SSSR count). The van der Waals surface area contributed by atoms with E-state index in [0.717, 1.165) is 12.5 Å². The molecule has 2 atom stereocenters. The lowest BCUT2D eigenvalue weighted by Crippen LogP contribution is -2.50. The molecule has 2 unspecified atom stereocenters. The van der Waals surface area contributed by atoms with Gasteiger partial charge in [0.1, 0.15) is 11.6 Å². The van der Waals surface area contributed by atoms with Crippen molar-refractivity contribution in [3.8, 4) is 0 Å². The van der Waals surface area contributed by atoms with Crippen molar-refractivity contribution in [2.45, 2.75) is 45.3 Å². The van der Waals surface area contributed by atoms with Crippen molar-refractivity contribution in [3.05, 3.63) is 35.4 Å². The van der Waals surface area contributed by atoms with Crippen molar-refractivity contribution < 1.29 is 13.5 Å². The van der Waals surface area contributed by atoms with Crippen molar-refractivity contribution in [1.82, 2.24) is 5.32 Å². The SMILES string of the molecule is CCOC(C)(CC)C(Cc1cc(F)ccc1F)NC. The second-order valence-electron chi connectivity index (χ2n) is 4.88. The maximum Gasteiger partial charge on any atom is 0.126 e. The molecule has 0 aromatic heterocycles. The van der Waals surface area contributed by atoms with E-state index in [-0.39, 0.29) is 11.9 Å². The monoisotopic (exact) mass is 271 g/mol. The number of ether oxygens (including phenoxy) is 1. The largest absolute Gasteiger partial charge is 0.374 e. The summed E-state index contributed by atoms with van der Waals surface area (Å²) in [6.07, 6.45) is 1.19. The second-order valence-corrected chi connectivity index (χ2v) is 4.88. The van der Waals surface area contributed by atoms with Gasteiger partial charge in [-0.3, -0.25) is 0 Å². The lowest BCUT2D eigenvalue weighted by molar-refractivity contribution is -0.0535. The van der Waals surface area contributed by atoms with Gasteiger partial charge in [-0.25, -0.2) is 8.78 Å². The molecular weight excluding hydrogens is 248 g/mol. The molecule has 0 aliphatic carbocycles. The summed E-state index contributed by atoms with van der Waals surface area (Å²) < 4.78 is 32.7. The fourth-order valence-electron chi connectivity index (χ4n) is 2.32. The third-order valence-electron chi connectivity index (χ3n) is 3.69. The van der Waals surface area contributed by atoms with Crippen molar-refractivity contribution in [3.63, 3.8) is 0 Å². The summed E-state index contributed by atoms with van der Waals surface area (Å²) in [5, 5.41) is 3.16. The van der Waals surface area contributed by atoms with Crippen LogP contribution in [0, 0.1) is 11.6 Å². The molecule has 108 valence electrons. The molecule has 0 aliphatic heterocycles. The minimum absolute atomic E-state index is 0.0752. The standard InChI is InChI=1S/C15H23F2NO/c1-5-15(3,19-6-2)14(18-4)10-11-9-12(16)7-8-13(11)17/h7-9,14,18H,5-6,10H2,1-4H3. The highest BCUT2D eigenvalue weighted by Crippen LogP contribution is 2.24. The predicted octanol–water partition coefficient (Wildman–Crippen LogP) is 3.30. The van der Waals surface area contributed by atoms with E-state index in [2.05, 4.69) is 5.32 Å². The Morgan fingerprint density at radius 3 is 2.53 bits per heavy atom. The summed E-state index contributed by atoms with van der Waals surface area (Å²) in [5.74, 6) is -0.794. The van der Waals surface area contributed by atoms with E-state index in [4.69, 9.17) is 4.74 Å². The molecule has 1 aromatic rings. The lowest BCUT2D eigenvalue weighted by atomic mass is 9.88. The summed E-state index contributed by atoms with van der Waals surface area (Å²) in [6, 6.07) is 3.48. The number of likely N-dealkylation sites (N-methyl/N-ethyl adjacent to an activating group) is 1. The van der Waals surface area contributed by atoms with Crippen LogP contribution in [0.2, 0.25) is 0 Å². The zero-order valence-corrected chi connectivity index (χ0v) is 12.1. The smallest absolute Gasteiger partial charge is 0.126 e. The lowest BCUT2D eigenvalue weighted by Gasteiger charge is -2.37. The summed E-state index contributed by atoms with van der Waals surface area (Å²) in [4.78, 5) is 0. The molecule has 0 spiro atoms. The molecule has 2 nitrogen and oxygen atoms in total. The number of hydrogen-bond acceptors (Lipinski definition) is 2. The van der Waals surface area contributed by atoms with Crippen LogP contribution in [-0.4, -0.2) is 25.3 Å². The molecular formula is C15H23F2NO. The molecule has 19 heavy (non-hydrogen) atoms. The highest BCUT2D eigenvalue weighted by Gasteiger charge is 2.32. The van der Waals surface area contributed by atoms with E-state index in [1.807, 2.05) is 27.8 Å². The first-order chi connectivity index (χ1) is 8.96. The van der Waals surface area contributed by atoms with Crippen LogP contribution in [-0.2, 0) is 11.2 Å². The Morgan fingerprint density at radius 1 is 1.32 bits per heavy atom. The first-order valence-electron chi connectivity index (χ1n) is 6.72. The van der Waals surface area contributed by atoms with E-state index >= 15 is 0 Å². The van der Waals surface area contributed by atoms with Crippen molar-refractivity contribution >= 4 is 0 Å². The van der Waals surface area contributed by atoms with Gasteiger partial charge < -0.3 is 10.1 Å². The van der Waals surface area contributed by atoms with Crippen LogP contribution < -0.4 is 5.32 Å². The van der Waals surface area contributed by atoms with E-state index < -0.39 is 11.4 Å². The third-order valence-corrected chi connectivity index (χ3v) is 3.69. The second kappa shape index (κ2) is 6.96. The highest BCUT2D eigenvalue weighted by molar-refractivity contribution is 5.20. The number of halogens is 2. The molecule has 0 fully saturated rings. The Hall–Kier alpha value is -1.00. The van der Waals surface area contributed by atoms with Crippen molar-refractivity contribution in [2.75, 3.05) is 13.7 Å². The average Bonchev–Trinajstić information content (AvgIpc) is 2.39. The van der Waals surface area contributed by atoms with Crippen LogP contribution in [0.25, 0.3) is 0 Å². The summed E-state index contributed by atoms with van der Waals surface area (Å²) in [6.45, 7) is 6.55. The summed E-state index contributed by atoms with van der Waals surface area (Å²) >= 11 is 0. The zero-order valence-electron chi connectivity index (χ0n) is 12.1. The van der Waals surface area contributed by atoms with Crippen LogP contribution in [0.15, 0.2) is 18.2 Å². The van der Waals surface area contributed by atoms with Gasteiger partial charge in [0, 0.05) is 12.6 Å². The number of benzene rings is 1. The zero-order chi connectivity index (χ0) is 14.5. The average molecular weight is 271 g/mol. The van der Waals surface area contributed by atoms with E-state index in [0.29, 0.717) is 18.6 Å². The molecule has 0 aliphatic rings. The molecule has 1 N–H and O–H groups in total. The summed E-state index contributed by atoms with van der Waals surface area (Å²) in [7, 11) is 1.81. The first-order valence-corrected chi connectivity index (χ1v) is 6.72. The van der Waals surface area contributed by atoms with E-state index in [9.17, 15) is 8.78 Å². The van der Waals surface area contributed by atoms with Gasteiger partial charge in [0.05, 0.1) is 5.60 Å². The maximum absolute atomic E-state index is 13.7. The number of nitrogens with one attached hydrogen (secondary N) is 1. The van der Waals surface area contributed by atoms with Gasteiger partial charge in [-0.05, 0) is 57.5 Å². The van der Waals surface area contributed by atoms with Gasteiger partial charge in [-0.2, -0.15) is 0 Å². The molecule has 4 heteroatoms. The van der Waals surface area contributed by atoms with Crippen LogP contribution in [0.3, 0.4) is 0 Å². The maximum atomic E-state index is 13.7. The molecule has 0 amide bonds. The molecule has 0 radical (unpaired) electrons. The minimum Gasteiger partial charge on any atom is -0.374 e. The Balaban J connectivity index is 2.95. The van der Waals surface area contributed by atoms with Gasteiger partial charge in [0.2, 0.25) is 0 Å². The van der Waals surface area contributed by atoms with Gasteiger partial charge in [-0.1, -0.05) is 6.92 Å². The third kappa shape index (κ3) is 3.98. The molecule has 0 saturated carbocycles. The van der Waals surface area contributed by atoms with Crippen molar-refractivity contribution in [1.29, 1.82) is 0 Å². The van der Waals surface area contributed by atoms with Crippen LogP contribution in [0.1, 0.15) is 32.8 Å². The van der Waals surface area contributed by atoms with Gasteiger partial charge in [0.15, 0.2) is 0 Å². The van der Waals surface area contributed by atoms with E-state index in [1.165, 1.54) is 12.1 Å². The first kappa shape index (κ1) is 16.1. The number of hydrogen-bond donors (Lipinski definition) is 1. The topological polar surface area (TPSA) is 21.3 Å². The Labute approximate surface area is 114 Å². The molecule has 0 saturated heterocycles. The van der Waals surface area contributed by atoms with Gasteiger partial charge in [-0.15, -0.1) is 0 Å². The number of rotatable bonds is 7. The Kier molecular flexibility index (Phi) is 5.88. The van der Waals surface area contributed by atoms with E-state index in [1.54, 1.807) is 0 Å². The normalized spacial score (nSPS) is 16.1. The van der Waals surface area contributed by atoms with Crippen LogP contribution >= 0.6 is 0 Å². The Bertz CT molecular complexity index is 411. The van der Waals surface area contributed by atoms with Gasteiger partial charge >= 0.3 is 0 Å². The van der Waals surface area contributed by atoms with Gasteiger partial charge in [0.25, 0.3) is 0 Å². The summed E-state index contributed by atoms with van der Waals surface area (Å²) in [5.41, 5.74) is -0.0267. The Morgan fingerprint density at radius 2 is 2.00 bits per heavy atom. The predicted molar refractivity (Wildman–Crippen MR) is 73.2 cm³/mol. The molecule has 1 aromatic carbocycles. The van der Waals surface area contributed by atoms with Crippen LogP contribution in [0.4, 0.5) is 8.78 Å². The molecule has 0 heterocycles. The quantitative estimate of drug-likeness (QED) is 0.821. The molecule has 0 bridgehead atoms. The minimum atomic E-state index is -0.416. The fraction of sp³-hybridized carbons (Fsp3) is 0.600. The fourth-order valence-corrected chi connectivity index (χ4v) is 2.32. The van der Waals surface area contributed by atoms with Crippen molar-refractivity contribution in [2.24, 2.45) is 0 Å². The highest BCUT2D eigenvalue weighted by atomic mass is 19.1.